The van der Waals surface area contributed by atoms with Crippen LogP contribution in [0.3, 0.4) is 0 Å². The van der Waals surface area contributed by atoms with Crippen LogP contribution in [-0.4, -0.2) is 25.5 Å². The smallest absolute Gasteiger partial charge is 0.287 e. The minimum absolute atomic E-state index is 0. The molecule has 1 aromatic heterocycles. The average molecular weight is 343 g/mol. The minimum atomic E-state index is -0.148. The topological polar surface area (TPSA) is 54.3 Å². The number of nitrogens with one attached hydrogen (secondary N) is 2. The van der Waals surface area contributed by atoms with Gasteiger partial charge in [0.1, 0.15) is 5.58 Å². The summed E-state index contributed by atoms with van der Waals surface area (Å²) in [5.41, 5.74) is 1.54. The molecule has 0 radical (unpaired) electrons. The first-order chi connectivity index (χ1) is 10.1. The van der Waals surface area contributed by atoms with Gasteiger partial charge in [0.25, 0.3) is 5.91 Å². The van der Waals surface area contributed by atoms with Gasteiger partial charge in [-0.15, -0.1) is 12.4 Å². The summed E-state index contributed by atoms with van der Waals surface area (Å²) in [5, 5.41) is 7.87. The lowest BCUT2D eigenvalue weighted by molar-refractivity contribution is 0.0918. The molecule has 0 saturated carbocycles. The lowest BCUT2D eigenvalue weighted by Crippen LogP contribution is -2.38. The predicted octanol–water partition coefficient (Wildman–Crippen LogP) is 3.55. The number of halogens is 2. The Balaban J connectivity index is 0.00000176. The van der Waals surface area contributed by atoms with Crippen LogP contribution in [0.1, 0.15) is 29.0 Å². The van der Waals surface area contributed by atoms with E-state index in [4.69, 9.17) is 16.0 Å². The third kappa shape index (κ3) is 3.57. The molecule has 2 aromatic rings. The van der Waals surface area contributed by atoms with Crippen LogP contribution in [0.4, 0.5) is 0 Å². The number of benzene rings is 1. The lowest BCUT2D eigenvalue weighted by atomic mass is 10.00. The molecule has 22 heavy (non-hydrogen) atoms. The van der Waals surface area contributed by atoms with Crippen LogP contribution in [0.15, 0.2) is 22.6 Å². The summed E-state index contributed by atoms with van der Waals surface area (Å²) in [4.78, 5) is 12.3. The van der Waals surface area contributed by atoms with E-state index in [9.17, 15) is 4.79 Å². The van der Waals surface area contributed by atoms with Crippen molar-refractivity contribution in [1.29, 1.82) is 0 Å². The van der Waals surface area contributed by atoms with Gasteiger partial charge in [0.2, 0.25) is 0 Å². The summed E-state index contributed by atoms with van der Waals surface area (Å²) in [6, 6.07) is 5.40. The molecular weight excluding hydrogens is 323 g/mol. The van der Waals surface area contributed by atoms with E-state index in [1.807, 2.05) is 13.0 Å². The van der Waals surface area contributed by atoms with Crippen molar-refractivity contribution in [2.45, 2.75) is 19.8 Å². The third-order valence-corrected chi connectivity index (χ3v) is 4.29. The number of fused-ring (bicyclic) bond motifs is 1. The lowest BCUT2D eigenvalue weighted by Gasteiger charge is -2.22. The molecule has 1 aliphatic rings. The number of hydrogen-bond donors (Lipinski definition) is 2. The first-order valence-corrected chi connectivity index (χ1v) is 7.70. The van der Waals surface area contributed by atoms with Gasteiger partial charge in [-0.2, -0.15) is 0 Å². The second kappa shape index (κ2) is 7.36. The standard InChI is InChI=1S/C16H19ClN2O2.ClH/c1-10-13-7-12(17)4-5-14(13)21-15(10)16(20)19-9-11-3-2-6-18-8-11;/h4-5,7,11,18H,2-3,6,8-9H2,1H3,(H,19,20);1H. The van der Waals surface area contributed by atoms with Gasteiger partial charge < -0.3 is 15.1 Å². The van der Waals surface area contributed by atoms with Crippen molar-refractivity contribution in [2.75, 3.05) is 19.6 Å². The number of amides is 1. The number of aryl methyl sites for hydroxylation is 1. The largest absolute Gasteiger partial charge is 0.451 e. The molecule has 1 saturated heterocycles. The number of piperidine rings is 1. The molecule has 1 unspecified atom stereocenters. The Kier molecular flexibility index (Phi) is 5.73. The third-order valence-electron chi connectivity index (χ3n) is 4.05. The zero-order valence-electron chi connectivity index (χ0n) is 12.4. The van der Waals surface area contributed by atoms with Gasteiger partial charge in [0.05, 0.1) is 0 Å². The van der Waals surface area contributed by atoms with E-state index in [1.54, 1.807) is 12.1 Å². The van der Waals surface area contributed by atoms with Crippen LogP contribution in [0.2, 0.25) is 5.02 Å². The van der Waals surface area contributed by atoms with Gasteiger partial charge in [-0.25, -0.2) is 0 Å². The Morgan fingerprint density at radius 3 is 3.05 bits per heavy atom. The second-order valence-electron chi connectivity index (χ2n) is 5.62. The van der Waals surface area contributed by atoms with Crippen molar-refractivity contribution in [3.8, 4) is 0 Å². The SMILES string of the molecule is Cc1c(C(=O)NCC2CCCNC2)oc2ccc(Cl)cc12.Cl. The summed E-state index contributed by atoms with van der Waals surface area (Å²) in [6.45, 7) is 4.62. The molecule has 120 valence electrons. The van der Waals surface area contributed by atoms with Gasteiger partial charge in [-0.3, -0.25) is 4.79 Å². The van der Waals surface area contributed by atoms with Crippen LogP contribution >= 0.6 is 24.0 Å². The zero-order valence-corrected chi connectivity index (χ0v) is 14.0. The molecule has 0 spiro atoms. The zero-order chi connectivity index (χ0) is 14.8. The number of carbonyl (C=O) groups excluding carboxylic acids is 1. The molecular formula is C16H20Cl2N2O2. The molecule has 3 rings (SSSR count). The molecule has 6 heteroatoms. The number of carbonyl (C=O) groups is 1. The highest BCUT2D eigenvalue weighted by Crippen LogP contribution is 2.27. The maximum absolute atomic E-state index is 12.3. The number of rotatable bonds is 3. The average Bonchev–Trinajstić information content (AvgIpc) is 2.83. The molecule has 4 nitrogen and oxygen atoms in total. The van der Waals surface area contributed by atoms with Crippen molar-refractivity contribution >= 4 is 40.9 Å². The Morgan fingerprint density at radius 2 is 2.32 bits per heavy atom. The monoisotopic (exact) mass is 342 g/mol. The fourth-order valence-electron chi connectivity index (χ4n) is 2.83. The van der Waals surface area contributed by atoms with Crippen molar-refractivity contribution in [3.63, 3.8) is 0 Å². The summed E-state index contributed by atoms with van der Waals surface area (Å²) < 4.78 is 5.67. The van der Waals surface area contributed by atoms with Crippen molar-refractivity contribution in [1.82, 2.24) is 10.6 Å². The highest BCUT2D eigenvalue weighted by Gasteiger charge is 2.19. The molecule has 1 fully saturated rings. The molecule has 2 heterocycles. The summed E-state index contributed by atoms with van der Waals surface area (Å²) >= 11 is 5.99. The Morgan fingerprint density at radius 1 is 1.50 bits per heavy atom. The van der Waals surface area contributed by atoms with E-state index in [0.29, 0.717) is 28.8 Å². The Bertz CT molecular complexity index is 663. The van der Waals surface area contributed by atoms with Gasteiger partial charge in [-0.1, -0.05) is 11.6 Å². The van der Waals surface area contributed by atoms with E-state index in [-0.39, 0.29) is 18.3 Å². The predicted molar refractivity (Wildman–Crippen MR) is 91.1 cm³/mol. The quantitative estimate of drug-likeness (QED) is 0.896. The first-order valence-electron chi connectivity index (χ1n) is 7.32. The fraction of sp³-hybridized carbons (Fsp3) is 0.438. The van der Waals surface area contributed by atoms with Crippen molar-refractivity contribution in [2.24, 2.45) is 5.92 Å². The Hall–Kier alpha value is -1.23. The molecule has 0 bridgehead atoms. The van der Waals surface area contributed by atoms with Crippen LogP contribution in [0.5, 0.6) is 0 Å². The van der Waals surface area contributed by atoms with Gasteiger partial charge in [-0.05, 0) is 57.0 Å². The van der Waals surface area contributed by atoms with E-state index >= 15 is 0 Å². The van der Waals surface area contributed by atoms with Gasteiger partial charge >= 0.3 is 0 Å². The fourth-order valence-corrected chi connectivity index (χ4v) is 3.00. The Labute approximate surface area is 141 Å². The van der Waals surface area contributed by atoms with Crippen LogP contribution in [-0.2, 0) is 0 Å². The molecule has 1 amide bonds. The molecule has 1 atom stereocenters. The first kappa shape index (κ1) is 17.1. The van der Waals surface area contributed by atoms with Crippen molar-refractivity contribution < 1.29 is 9.21 Å². The number of hydrogen-bond acceptors (Lipinski definition) is 3. The van der Waals surface area contributed by atoms with E-state index in [1.165, 1.54) is 6.42 Å². The summed E-state index contributed by atoms with van der Waals surface area (Å²) in [6.07, 6.45) is 2.32. The van der Waals surface area contributed by atoms with Crippen molar-refractivity contribution in [3.05, 3.63) is 34.5 Å². The molecule has 1 aromatic carbocycles. The normalized spacial score (nSPS) is 18.0. The highest BCUT2D eigenvalue weighted by atomic mass is 35.5. The van der Waals surface area contributed by atoms with E-state index < -0.39 is 0 Å². The van der Waals surface area contributed by atoms with Crippen LogP contribution in [0, 0.1) is 12.8 Å². The number of furan rings is 1. The highest BCUT2D eigenvalue weighted by molar-refractivity contribution is 6.31. The summed E-state index contributed by atoms with van der Waals surface area (Å²) in [5.74, 6) is 0.739. The molecule has 0 aliphatic carbocycles. The van der Waals surface area contributed by atoms with Gasteiger partial charge in [0, 0.05) is 22.5 Å². The molecule has 2 N–H and O–H groups in total. The van der Waals surface area contributed by atoms with Crippen LogP contribution in [0.25, 0.3) is 11.0 Å². The minimum Gasteiger partial charge on any atom is -0.451 e. The maximum atomic E-state index is 12.3. The summed E-state index contributed by atoms with van der Waals surface area (Å²) in [7, 11) is 0. The maximum Gasteiger partial charge on any atom is 0.287 e. The van der Waals surface area contributed by atoms with Crippen LogP contribution < -0.4 is 10.6 Å². The second-order valence-corrected chi connectivity index (χ2v) is 6.06. The van der Waals surface area contributed by atoms with E-state index in [0.717, 1.165) is 30.5 Å². The van der Waals surface area contributed by atoms with Gasteiger partial charge in [0.15, 0.2) is 5.76 Å². The van der Waals surface area contributed by atoms with E-state index in [2.05, 4.69) is 10.6 Å². The molecule has 1 aliphatic heterocycles.